The number of carbonyl (C=O) groups excluding carboxylic acids is 1. The fraction of sp³-hybridized carbons (Fsp3) is 0.167. The normalized spacial score (nSPS) is 12.1. The minimum atomic E-state index is -0.767. The van der Waals surface area contributed by atoms with Gasteiger partial charge in [0.15, 0.2) is 0 Å². The Balaban J connectivity index is 2.96. The maximum Gasteiger partial charge on any atom is 0.364 e. The zero-order valence-electron chi connectivity index (χ0n) is 9.58. The summed E-state index contributed by atoms with van der Waals surface area (Å²) in [5.74, 6) is -1.35. The van der Waals surface area contributed by atoms with E-state index in [0.29, 0.717) is 0 Å². The number of hydrogen-bond acceptors (Lipinski definition) is 5. The summed E-state index contributed by atoms with van der Waals surface area (Å²) >= 11 is 0. The van der Waals surface area contributed by atoms with E-state index < -0.39 is 11.9 Å². The van der Waals surface area contributed by atoms with Crippen molar-refractivity contribution in [2.75, 3.05) is 14.2 Å². The predicted octanol–water partition coefficient (Wildman–Crippen LogP) is 1.65. The molecule has 0 spiro atoms. The monoisotopic (exact) mass is 235 g/mol. The second-order valence-corrected chi connectivity index (χ2v) is 3.02. The zero-order valence-corrected chi connectivity index (χ0v) is 9.58. The third-order valence-corrected chi connectivity index (χ3v) is 1.92. The molecule has 0 heterocycles. The van der Waals surface area contributed by atoms with Gasteiger partial charge in [-0.05, 0) is 5.56 Å². The van der Waals surface area contributed by atoms with Crippen molar-refractivity contribution in [3.8, 4) is 0 Å². The molecule has 0 amide bonds. The Morgan fingerprint density at radius 1 is 1.24 bits per heavy atom. The first kappa shape index (κ1) is 12.8. The summed E-state index contributed by atoms with van der Waals surface area (Å²) in [4.78, 5) is 15.1. The lowest BCUT2D eigenvalue weighted by Gasteiger charge is -2.02. The largest absolute Gasteiger partial charge is 0.479 e. The Kier molecular flexibility index (Phi) is 4.75. The van der Waals surface area contributed by atoms with Gasteiger partial charge in [-0.15, -0.1) is 0 Å². The minimum Gasteiger partial charge on any atom is -0.479 e. The van der Waals surface area contributed by atoms with Crippen molar-refractivity contribution >= 4 is 12.2 Å². The number of methoxy groups -OCH3 is 2. The summed E-state index contributed by atoms with van der Waals surface area (Å²) in [6.45, 7) is 0. The van der Waals surface area contributed by atoms with Crippen LogP contribution in [0.2, 0.25) is 0 Å². The Morgan fingerprint density at radius 3 is 2.41 bits per heavy atom. The summed E-state index contributed by atoms with van der Waals surface area (Å²) in [5.41, 5.74) is 0.511. The number of hydrogen-bond donors (Lipinski definition) is 1. The van der Waals surface area contributed by atoms with Gasteiger partial charge in [0, 0.05) is 6.21 Å². The van der Waals surface area contributed by atoms with Gasteiger partial charge < -0.3 is 14.6 Å². The van der Waals surface area contributed by atoms with Gasteiger partial charge in [0.1, 0.15) is 0 Å². The summed E-state index contributed by atoms with van der Waals surface area (Å²) < 4.78 is 9.02. The van der Waals surface area contributed by atoms with Crippen LogP contribution < -0.4 is 0 Å². The summed E-state index contributed by atoms with van der Waals surface area (Å²) in [6, 6.07) is 9.14. The molecule has 90 valence electrons. The smallest absolute Gasteiger partial charge is 0.364 e. The number of esters is 1. The molecule has 0 radical (unpaired) electrons. The number of rotatable bonds is 4. The molecule has 1 aromatic rings. The lowest BCUT2D eigenvalue weighted by molar-refractivity contribution is -0.136. The molecule has 0 saturated heterocycles. The maximum atomic E-state index is 11.3. The Labute approximate surface area is 99.0 Å². The third-order valence-electron chi connectivity index (χ3n) is 1.92. The highest BCUT2D eigenvalue weighted by molar-refractivity contribution is 5.92. The van der Waals surface area contributed by atoms with Crippen LogP contribution in [0.4, 0.5) is 0 Å². The standard InChI is InChI=1S/C12H13NO4/c1-16-11(14)10(12(15)17-2)13-8-9-6-4-3-5-7-9/h3-8,14H,1-2H3/b11-10+,13-8?. The average molecular weight is 235 g/mol. The molecule has 17 heavy (non-hydrogen) atoms. The van der Waals surface area contributed by atoms with Crippen molar-refractivity contribution in [1.29, 1.82) is 0 Å². The SMILES string of the molecule is COC(=O)/C(N=Cc1ccccc1)=C(/O)OC. The molecule has 0 fully saturated rings. The first-order chi connectivity index (χ1) is 8.19. The van der Waals surface area contributed by atoms with E-state index in [2.05, 4.69) is 14.5 Å². The second-order valence-electron chi connectivity index (χ2n) is 3.02. The third kappa shape index (κ3) is 3.64. The lowest BCUT2D eigenvalue weighted by Crippen LogP contribution is -2.07. The number of aliphatic hydroxyl groups is 1. The molecule has 1 rings (SSSR count). The van der Waals surface area contributed by atoms with Gasteiger partial charge in [-0.2, -0.15) is 0 Å². The lowest BCUT2D eigenvalue weighted by atomic mass is 10.2. The molecule has 1 N–H and O–H groups in total. The van der Waals surface area contributed by atoms with Gasteiger partial charge in [-0.3, -0.25) is 0 Å². The Hall–Kier alpha value is -2.30. The zero-order chi connectivity index (χ0) is 12.7. The molecule has 5 nitrogen and oxygen atoms in total. The van der Waals surface area contributed by atoms with E-state index in [1.54, 1.807) is 0 Å². The molecule has 5 heteroatoms. The van der Waals surface area contributed by atoms with Crippen LogP contribution in [0.5, 0.6) is 0 Å². The van der Waals surface area contributed by atoms with Crippen LogP contribution >= 0.6 is 0 Å². The van der Waals surface area contributed by atoms with Crippen molar-refractivity contribution in [3.05, 3.63) is 47.5 Å². The molecule has 0 saturated carbocycles. The van der Waals surface area contributed by atoms with Crippen LogP contribution in [0.3, 0.4) is 0 Å². The van der Waals surface area contributed by atoms with Crippen molar-refractivity contribution in [3.63, 3.8) is 0 Å². The highest BCUT2D eigenvalue weighted by Crippen LogP contribution is 2.07. The molecular weight excluding hydrogens is 222 g/mol. The van der Waals surface area contributed by atoms with Crippen molar-refractivity contribution in [2.24, 2.45) is 4.99 Å². The molecule has 0 unspecified atom stereocenters. The molecule has 0 bridgehead atoms. The van der Waals surface area contributed by atoms with E-state index in [1.165, 1.54) is 20.4 Å². The highest BCUT2D eigenvalue weighted by Gasteiger charge is 2.15. The van der Waals surface area contributed by atoms with Gasteiger partial charge in [0.25, 0.3) is 0 Å². The van der Waals surface area contributed by atoms with E-state index >= 15 is 0 Å². The molecule has 0 aliphatic rings. The molecule has 0 aliphatic heterocycles. The average Bonchev–Trinajstić information content (AvgIpc) is 2.39. The Bertz CT molecular complexity index is 437. The van der Waals surface area contributed by atoms with Crippen molar-refractivity contribution in [1.82, 2.24) is 0 Å². The van der Waals surface area contributed by atoms with Crippen LogP contribution in [0, 0.1) is 0 Å². The van der Waals surface area contributed by atoms with E-state index in [1.807, 2.05) is 30.3 Å². The van der Waals surface area contributed by atoms with E-state index in [9.17, 15) is 9.90 Å². The first-order valence-electron chi connectivity index (χ1n) is 4.83. The number of aliphatic hydroxyl groups excluding tert-OH is 1. The number of aliphatic imine (C=N–C) groups is 1. The molecule has 0 aromatic heterocycles. The van der Waals surface area contributed by atoms with Gasteiger partial charge in [-0.1, -0.05) is 30.3 Å². The minimum absolute atomic E-state index is 0.279. The molecule has 0 aliphatic carbocycles. The van der Waals surface area contributed by atoms with Crippen LogP contribution in [0.15, 0.2) is 47.0 Å². The molecular formula is C12H13NO4. The van der Waals surface area contributed by atoms with Crippen LogP contribution in [-0.2, 0) is 14.3 Å². The van der Waals surface area contributed by atoms with Crippen molar-refractivity contribution < 1.29 is 19.4 Å². The highest BCUT2D eigenvalue weighted by atomic mass is 16.6. The number of benzene rings is 1. The van der Waals surface area contributed by atoms with Crippen LogP contribution in [-0.4, -0.2) is 31.5 Å². The second kappa shape index (κ2) is 6.32. The van der Waals surface area contributed by atoms with Crippen LogP contribution in [0.25, 0.3) is 0 Å². The van der Waals surface area contributed by atoms with Gasteiger partial charge in [-0.25, -0.2) is 9.79 Å². The summed E-state index contributed by atoms with van der Waals surface area (Å²) in [6.07, 6.45) is 1.43. The van der Waals surface area contributed by atoms with Gasteiger partial charge in [0.05, 0.1) is 14.2 Å². The van der Waals surface area contributed by atoms with E-state index in [0.717, 1.165) is 5.56 Å². The number of ether oxygens (including phenoxy) is 2. The van der Waals surface area contributed by atoms with E-state index in [4.69, 9.17) is 0 Å². The van der Waals surface area contributed by atoms with E-state index in [-0.39, 0.29) is 5.70 Å². The summed E-state index contributed by atoms with van der Waals surface area (Å²) in [5, 5.41) is 9.34. The quantitative estimate of drug-likeness (QED) is 0.373. The molecule has 1 aromatic carbocycles. The van der Waals surface area contributed by atoms with Crippen LogP contribution in [0.1, 0.15) is 5.56 Å². The fourth-order valence-electron chi connectivity index (χ4n) is 1.07. The number of nitrogens with zero attached hydrogens (tertiary/aromatic N) is 1. The first-order valence-corrected chi connectivity index (χ1v) is 4.83. The topological polar surface area (TPSA) is 68.1 Å². The van der Waals surface area contributed by atoms with Gasteiger partial charge >= 0.3 is 11.9 Å². The summed E-state index contributed by atoms with van der Waals surface area (Å²) in [7, 11) is 2.43. The van der Waals surface area contributed by atoms with Crippen molar-refractivity contribution in [2.45, 2.75) is 0 Å². The molecule has 0 atom stereocenters. The maximum absolute atomic E-state index is 11.3. The predicted molar refractivity (Wildman–Crippen MR) is 62.7 cm³/mol. The Morgan fingerprint density at radius 2 is 1.88 bits per heavy atom. The van der Waals surface area contributed by atoms with Gasteiger partial charge in [0.2, 0.25) is 5.70 Å². The fourth-order valence-corrected chi connectivity index (χ4v) is 1.07. The number of carbonyl (C=O) groups is 1.